The van der Waals surface area contributed by atoms with Gasteiger partial charge in [0.25, 0.3) is 0 Å². The first-order valence-electron chi connectivity index (χ1n) is 23.0. The number of fused-ring (bicyclic) bond motifs is 10. The topological polar surface area (TPSA) is 43.6 Å². The Morgan fingerprint density at radius 1 is 0.294 bits per heavy atom. The molecule has 0 fully saturated rings. The highest BCUT2D eigenvalue weighted by Crippen LogP contribution is 2.47. The normalized spacial score (nSPS) is 11.8. The van der Waals surface area contributed by atoms with Crippen molar-refractivity contribution in [2.75, 3.05) is 0 Å². The molecule has 14 aromatic rings. The third-order valence-corrected chi connectivity index (χ3v) is 14.7. The molecule has 14 rings (SSSR count). The molecule has 68 heavy (non-hydrogen) atoms. The van der Waals surface area contributed by atoms with Crippen LogP contribution in [0, 0.1) is 0 Å². The summed E-state index contributed by atoms with van der Waals surface area (Å²) < 4.78 is 5.05. The third kappa shape index (κ3) is 6.17. The maximum absolute atomic E-state index is 5.50. The zero-order valence-electron chi connectivity index (χ0n) is 36.6. The Morgan fingerprint density at radius 3 is 1.65 bits per heavy atom. The average Bonchev–Trinajstić information content (AvgIpc) is 3.95. The fourth-order valence-corrected chi connectivity index (χ4v) is 11.5. The lowest BCUT2D eigenvalue weighted by Gasteiger charge is -2.21. The predicted octanol–water partition coefficient (Wildman–Crippen LogP) is 17.1. The van der Waals surface area contributed by atoms with Gasteiger partial charge in [-0.25, -0.2) is 15.0 Å². The molecule has 316 valence electrons. The Kier molecular flexibility index (Phi) is 8.73. The third-order valence-electron chi connectivity index (χ3n) is 13.6. The highest BCUT2D eigenvalue weighted by molar-refractivity contribution is 7.25. The monoisotopic (exact) mass is 882 g/mol. The van der Waals surface area contributed by atoms with Crippen LogP contribution in [0.25, 0.3) is 136 Å². The number of aromatic nitrogens is 4. The molecule has 4 nitrogen and oxygen atoms in total. The highest BCUT2D eigenvalue weighted by Gasteiger charge is 2.25. The number of hydrogen-bond donors (Lipinski definition) is 0. The Labute approximate surface area is 395 Å². The van der Waals surface area contributed by atoms with Gasteiger partial charge in [0.1, 0.15) is 0 Å². The fourth-order valence-electron chi connectivity index (χ4n) is 10.4. The van der Waals surface area contributed by atoms with Gasteiger partial charge >= 0.3 is 0 Å². The minimum absolute atomic E-state index is 0.613. The van der Waals surface area contributed by atoms with E-state index in [2.05, 4.69) is 217 Å². The number of nitrogens with zero attached hydrogens (tertiary/aromatic N) is 4. The summed E-state index contributed by atoms with van der Waals surface area (Å²) in [6.45, 7) is 0. The van der Waals surface area contributed by atoms with E-state index in [0.29, 0.717) is 17.5 Å². The first kappa shape index (κ1) is 38.5. The van der Waals surface area contributed by atoms with Gasteiger partial charge in [-0.3, -0.25) is 0 Å². The molecule has 0 spiro atoms. The summed E-state index contributed by atoms with van der Waals surface area (Å²) >= 11 is 1.81. The molecule has 0 aliphatic rings. The lowest BCUT2D eigenvalue weighted by Crippen LogP contribution is -2.04. The van der Waals surface area contributed by atoms with Crippen molar-refractivity contribution in [2.24, 2.45) is 0 Å². The van der Waals surface area contributed by atoms with Crippen molar-refractivity contribution in [1.29, 1.82) is 0 Å². The maximum Gasteiger partial charge on any atom is 0.164 e. The van der Waals surface area contributed by atoms with Crippen LogP contribution in [-0.4, -0.2) is 19.5 Å². The zero-order valence-corrected chi connectivity index (χ0v) is 37.5. The number of hydrogen-bond acceptors (Lipinski definition) is 4. The van der Waals surface area contributed by atoms with Crippen LogP contribution in [0.15, 0.2) is 231 Å². The highest BCUT2D eigenvalue weighted by atomic mass is 32.1. The van der Waals surface area contributed by atoms with Crippen molar-refractivity contribution < 1.29 is 0 Å². The molecule has 0 saturated carbocycles. The van der Waals surface area contributed by atoms with Crippen LogP contribution in [-0.2, 0) is 0 Å². The van der Waals surface area contributed by atoms with Gasteiger partial charge in [0, 0.05) is 64.0 Å². The average molecular weight is 883 g/mol. The molecule has 5 heteroatoms. The molecule has 3 aromatic heterocycles. The Balaban J connectivity index is 1.13. The van der Waals surface area contributed by atoms with Crippen molar-refractivity contribution in [3.05, 3.63) is 231 Å². The van der Waals surface area contributed by atoms with Gasteiger partial charge in [-0.15, -0.1) is 11.3 Å². The second-order valence-corrected chi connectivity index (χ2v) is 18.6. The van der Waals surface area contributed by atoms with E-state index in [0.717, 1.165) is 60.9 Å². The first-order chi connectivity index (χ1) is 33.7. The number of thiophene rings is 1. The van der Waals surface area contributed by atoms with Crippen LogP contribution in [0.4, 0.5) is 0 Å². The van der Waals surface area contributed by atoms with Crippen molar-refractivity contribution in [3.63, 3.8) is 0 Å². The van der Waals surface area contributed by atoms with Crippen molar-refractivity contribution in [1.82, 2.24) is 19.5 Å². The predicted molar refractivity (Wildman–Crippen MR) is 287 cm³/mol. The number of rotatable bonds is 6. The zero-order chi connectivity index (χ0) is 44.7. The lowest BCUT2D eigenvalue weighted by molar-refractivity contribution is 1.08. The fraction of sp³-hybridized carbons (Fsp3) is 0. The summed E-state index contributed by atoms with van der Waals surface area (Å²) in [4.78, 5) is 16.2. The largest absolute Gasteiger partial charge is 0.307 e. The summed E-state index contributed by atoms with van der Waals surface area (Å²) in [6.07, 6.45) is 0. The molecule has 0 N–H and O–H groups in total. The van der Waals surface area contributed by atoms with Gasteiger partial charge in [-0.2, -0.15) is 0 Å². The minimum Gasteiger partial charge on any atom is -0.307 e. The second kappa shape index (κ2) is 15.4. The second-order valence-electron chi connectivity index (χ2n) is 17.5. The Bertz CT molecular complexity index is 4310. The van der Waals surface area contributed by atoms with E-state index in [1.165, 1.54) is 58.0 Å². The molecule has 0 saturated heterocycles. The van der Waals surface area contributed by atoms with Crippen molar-refractivity contribution >= 4 is 85.6 Å². The summed E-state index contributed by atoms with van der Waals surface area (Å²) in [5, 5.41) is 11.8. The Hall–Kier alpha value is -8.77. The minimum atomic E-state index is 0.613. The SMILES string of the molecule is c1ccc(-c2ccc3c(-n4c5cc6ccccc6cc5c5ccc6ccccc6c54)c(-c4ccccc4)cc(-c4nc(-c5ccccc5)nc(-c5ccc6sc7ccccc7c6c5)n4)c3c2)cc1. The molecule has 0 aliphatic heterocycles. The van der Waals surface area contributed by atoms with Crippen LogP contribution < -0.4 is 0 Å². The van der Waals surface area contributed by atoms with Crippen molar-refractivity contribution in [2.45, 2.75) is 0 Å². The van der Waals surface area contributed by atoms with E-state index < -0.39 is 0 Å². The van der Waals surface area contributed by atoms with Gasteiger partial charge in [-0.1, -0.05) is 182 Å². The molecule has 0 unspecified atom stereocenters. The smallest absolute Gasteiger partial charge is 0.164 e. The van der Waals surface area contributed by atoms with Crippen LogP contribution in [0.2, 0.25) is 0 Å². The lowest BCUT2D eigenvalue weighted by atomic mass is 9.91. The molecular formula is C63H38N4S. The molecular weight excluding hydrogens is 845 g/mol. The summed E-state index contributed by atoms with van der Waals surface area (Å²) in [6, 6.07) is 83.1. The van der Waals surface area contributed by atoms with Gasteiger partial charge in [0.2, 0.25) is 0 Å². The van der Waals surface area contributed by atoms with E-state index >= 15 is 0 Å². The van der Waals surface area contributed by atoms with Crippen LogP contribution >= 0.6 is 11.3 Å². The molecule has 0 bridgehead atoms. The molecule has 0 atom stereocenters. The molecule has 0 amide bonds. The maximum atomic E-state index is 5.50. The molecule has 0 aliphatic carbocycles. The number of benzene rings is 11. The summed E-state index contributed by atoms with van der Waals surface area (Å²) in [5.41, 5.74) is 10.7. The summed E-state index contributed by atoms with van der Waals surface area (Å²) in [5.74, 6) is 1.87. The van der Waals surface area contributed by atoms with E-state index in [-0.39, 0.29) is 0 Å². The van der Waals surface area contributed by atoms with E-state index in [1.54, 1.807) is 0 Å². The summed E-state index contributed by atoms with van der Waals surface area (Å²) in [7, 11) is 0. The van der Waals surface area contributed by atoms with Crippen LogP contribution in [0.3, 0.4) is 0 Å². The molecule has 3 heterocycles. The van der Waals surface area contributed by atoms with Gasteiger partial charge in [0.15, 0.2) is 17.5 Å². The quantitative estimate of drug-likeness (QED) is 0.167. The van der Waals surface area contributed by atoms with Crippen molar-refractivity contribution in [3.8, 4) is 62.1 Å². The first-order valence-corrected chi connectivity index (χ1v) is 23.8. The molecule has 0 radical (unpaired) electrons. The Morgan fingerprint density at radius 2 is 0.868 bits per heavy atom. The van der Waals surface area contributed by atoms with Gasteiger partial charge in [-0.05, 0) is 86.8 Å². The molecule has 11 aromatic carbocycles. The van der Waals surface area contributed by atoms with Crippen LogP contribution in [0.5, 0.6) is 0 Å². The van der Waals surface area contributed by atoms with Crippen LogP contribution in [0.1, 0.15) is 0 Å². The van der Waals surface area contributed by atoms with Gasteiger partial charge in [0.05, 0.1) is 16.7 Å². The van der Waals surface area contributed by atoms with E-state index in [4.69, 9.17) is 15.0 Å². The van der Waals surface area contributed by atoms with E-state index in [9.17, 15) is 0 Å². The standard InChI is InChI=1S/C63H38N4S/c1-4-16-39(17-5-1)45-29-32-49-52(34-45)55(63-65-61(42-21-8-3-9-22-42)64-62(66-63)46-30-33-58-54(36-46)48-26-14-15-27-57(48)68-58)38-51(40-18-6-2-7-19-40)60(49)67-56-37-44-24-11-10-23-43(44)35-53(56)50-31-28-41-20-12-13-25-47(41)59(50)67/h1-38H. The van der Waals surface area contributed by atoms with E-state index in [1.807, 2.05) is 29.5 Å². The van der Waals surface area contributed by atoms with Gasteiger partial charge < -0.3 is 4.57 Å².